The summed E-state index contributed by atoms with van der Waals surface area (Å²) < 4.78 is 5.82. The van der Waals surface area contributed by atoms with Gasteiger partial charge in [-0.1, -0.05) is 49.4 Å². The molecule has 5 nitrogen and oxygen atoms in total. The molecule has 0 heterocycles. The fourth-order valence-corrected chi connectivity index (χ4v) is 3.00. The lowest BCUT2D eigenvalue weighted by atomic mass is 10.1. The second-order valence-corrected chi connectivity index (χ2v) is 6.95. The van der Waals surface area contributed by atoms with Crippen LogP contribution in [0.3, 0.4) is 0 Å². The molecule has 0 radical (unpaired) electrons. The van der Waals surface area contributed by atoms with E-state index in [1.165, 1.54) is 5.56 Å². The zero-order chi connectivity index (χ0) is 21.3. The van der Waals surface area contributed by atoms with Crippen LogP contribution in [-0.2, 0) is 11.2 Å². The Hall–Kier alpha value is -3.60. The van der Waals surface area contributed by atoms with Gasteiger partial charge in [0.1, 0.15) is 5.75 Å². The molecule has 0 aliphatic rings. The van der Waals surface area contributed by atoms with Crippen molar-refractivity contribution in [3.8, 4) is 5.75 Å². The van der Waals surface area contributed by atoms with Gasteiger partial charge < -0.3 is 15.4 Å². The number of carbonyl (C=O) groups is 2. The van der Waals surface area contributed by atoms with Crippen LogP contribution in [0, 0.1) is 6.92 Å². The maximum absolute atomic E-state index is 12.7. The number of rotatable bonds is 8. The summed E-state index contributed by atoms with van der Waals surface area (Å²) in [6.07, 6.45) is 1.19. The first-order valence-corrected chi connectivity index (χ1v) is 10.0. The minimum absolute atomic E-state index is 0.0677. The molecule has 0 saturated carbocycles. The molecule has 0 bridgehead atoms. The van der Waals surface area contributed by atoms with E-state index >= 15 is 0 Å². The molecule has 0 spiro atoms. The van der Waals surface area contributed by atoms with E-state index in [4.69, 9.17) is 4.74 Å². The smallest absolute Gasteiger partial charge is 0.255 e. The van der Waals surface area contributed by atoms with Crippen LogP contribution in [0.4, 0.5) is 11.4 Å². The summed E-state index contributed by atoms with van der Waals surface area (Å²) in [5.74, 6) is 0.353. The highest BCUT2D eigenvalue weighted by atomic mass is 16.5. The average molecular weight is 402 g/mol. The molecule has 0 aliphatic carbocycles. The molecule has 5 heteroatoms. The van der Waals surface area contributed by atoms with Crippen molar-refractivity contribution in [2.45, 2.75) is 26.7 Å². The lowest BCUT2D eigenvalue weighted by molar-refractivity contribution is -0.115. The van der Waals surface area contributed by atoms with E-state index in [2.05, 4.69) is 22.8 Å². The summed E-state index contributed by atoms with van der Waals surface area (Å²) in [4.78, 5) is 24.4. The van der Waals surface area contributed by atoms with Gasteiger partial charge >= 0.3 is 0 Å². The highest BCUT2D eigenvalue weighted by molar-refractivity contribution is 6.05. The molecule has 0 atom stereocenters. The van der Waals surface area contributed by atoms with Gasteiger partial charge in [-0.25, -0.2) is 0 Å². The van der Waals surface area contributed by atoms with Gasteiger partial charge in [0.15, 0.2) is 0 Å². The van der Waals surface area contributed by atoms with E-state index in [0.717, 1.165) is 12.0 Å². The summed E-state index contributed by atoms with van der Waals surface area (Å²) in [5, 5.41) is 5.77. The summed E-state index contributed by atoms with van der Waals surface area (Å²) in [7, 11) is 0. The summed E-state index contributed by atoms with van der Waals surface area (Å²) in [6, 6.07) is 22.7. The Labute approximate surface area is 177 Å². The third kappa shape index (κ3) is 5.70. The molecule has 0 fully saturated rings. The third-order valence-corrected chi connectivity index (χ3v) is 4.78. The number of nitrogens with one attached hydrogen (secondary N) is 2. The number of ether oxygens (including phenoxy) is 1. The largest absolute Gasteiger partial charge is 0.493 e. The fourth-order valence-electron chi connectivity index (χ4n) is 3.00. The van der Waals surface area contributed by atoms with Gasteiger partial charge in [-0.05, 0) is 48.4 Å². The number of hydrogen-bond donors (Lipinski definition) is 2. The molecule has 3 aromatic rings. The van der Waals surface area contributed by atoms with Crippen molar-refractivity contribution < 1.29 is 14.3 Å². The van der Waals surface area contributed by atoms with Gasteiger partial charge in [0.25, 0.3) is 5.91 Å². The zero-order valence-corrected chi connectivity index (χ0v) is 17.3. The van der Waals surface area contributed by atoms with E-state index < -0.39 is 0 Å². The summed E-state index contributed by atoms with van der Waals surface area (Å²) >= 11 is 0. The molecule has 2 N–H and O–H groups in total. The first-order chi connectivity index (χ1) is 14.6. The van der Waals surface area contributed by atoms with Gasteiger partial charge in [0.05, 0.1) is 6.61 Å². The second-order valence-electron chi connectivity index (χ2n) is 6.95. The average Bonchev–Trinajstić information content (AvgIpc) is 2.77. The van der Waals surface area contributed by atoms with Crippen molar-refractivity contribution in [2.75, 3.05) is 17.2 Å². The Morgan fingerprint density at radius 3 is 2.30 bits per heavy atom. The molecule has 0 aliphatic heterocycles. The number of hydrogen-bond acceptors (Lipinski definition) is 3. The van der Waals surface area contributed by atoms with Crippen LogP contribution in [0.15, 0.2) is 72.8 Å². The van der Waals surface area contributed by atoms with Crippen molar-refractivity contribution in [3.05, 3.63) is 89.5 Å². The van der Waals surface area contributed by atoms with Crippen LogP contribution in [0.2, 0.25) is 0 Å². The number of carbonyl (C=O) groups excluding carboxylic acids is 2. The van der Waals surface area contributed by atoms with Crippen LogP contribution in [0.25, 0.3) is 0 Å². The Morgan fingerprint density at radius 2 is 1.57 bits per heavy atom. The highest BCUT2D eigenvalue weighted by Gasteiger charge is 2.11. The Kier molecular flexibility index (Phi) is 7.22. The first-order valence-electron chi connectivity index (χ1n) is 10.0. The topological polar surface area (TPSA) is 67.4 Å². The van der Waals surface area contributed by atoms with E-state index in [-0.39, 0.29) is 11.8 Å². The molecular formula is C25H26N2O3. The number of anilines is 2. The standard InChI is InChI=1S/C25H26N2O3/c1-3-24(28)26-22-13-8-14-23(18(22)2)27-25(29)20-11-7-12-21(17-20)30-16-15-19-9-5-4-6-10-19/h4-14,17H,3,15-16H2,1-2H3,(H,26,28)(H,27,29). The zero-order valence-electron chi connectivity index (χ0n) is 17.3. The lowest BCUT2D eigenvalue weighted by Gasteiger charge is -2.14. The van der Waals surface area contributed by atoms with Crippen LogP contribution in [0.5, 0.6) is 5.75 Å². The van der Waals surface area contributed by atoms with Gasteiger partial charge in [-0.15, -0.1) is 0 Å². The van der Waals surface area contributed by atoms with Gasteiger partial charge in [0.2, 0.25) is 5.91 Å². The van der Waals surface area contributed by atoms with Crippen LogP contribution in [-0.4, -0.2) is 18.4 Å². The Bertz CT molecular complexity index is 1020. The van der Waals surface area contributed by atoms with E-state index in [1.807, 2.05) is 43.3 Å². The van der Waals surface area contributed by atoms with Crippen LogP contribution >= 0.6 is 0 Å². The van der Waals surface area contributed by atoms with E-state index in [9.17, 15) is 9.59 Å². The first kappa shape index (κ1) is 21.1. The molecule has 154 valence electrons. The molecule has 0 unspecified atom stereocenters. The predicted octanol–water partition coefficient (Wildman–Crippen LogP) is 5.22. The molecular weight excluding hydrogens is 376 g/mol. The van der Waals surface area contributed by atoms with Crippen molar-refractivity contribution in [2.24, 2.45) is 0 Å². The summed E-state index contributed by atoms with van der Waals surface area (Å²) in [6.45, 7) is 4.20. The minimum atomic E-state index is -0.231. The minimum Gasteiger partial charge on any atom is -0.493 e. The molecule has 0 aromatic heterocycles. The van der Waals surface area contributed by atoms with Gasteiger partial charge in [-0.2, -0.15) is 0 Å². The molecule has 3 rings (SSSR count). The molecule has 3 aromatic carbocycles. The van der Waals surface area contributed by atoms with Gasteiger partial charge in [-0.3, -0.25) is 9.59 Å². The number of benzene rings is 3. The van der Waals surface area contributed by atoms with Crippen molar-refractivity contribution in [1.29, 1.82) is 0 Å². The normalized spacial score (nSPS) is 10.3. The molecule has 0 saturated heterocycles. The maximum atomic E-state index is 12.7. The van der Waals surface area contributed by atoms with Crippen molar-refractivity contribution in [1.82, 2.24) is 0 Å². The monoisotopic (exact) mass is 402 g/mol. The third-order valence-electron chi connectivity index (χ3n) is 4.78. The van der Waals surface area contributed by atoms with E-state index in [1.54, 1.807) is 31.2 Å². The molecule has 30 heavy (non-hydrogen) atoms. The SMILES string of the molecule is CCC(=O)Nc1cccc(NC(=O)c2cccc(OCCc3ccccc3)c2)c1C. The van der Waals surface area contributed by atoms with Crippen molar-refractivity contribution in [3.63, 3.8) is 0 Å². The Morgan fingerprint density at radius 1 is 0.867 bits per heavy atom. The fraction of sp³-hybridized carbons (Fsp3) is 0.200. The summed E-state index contributed by atoms with van der Waals surface area (Å²) in [5.41, 5.74) is 3.87. The van der Waals surface area contributed by atoms with Gasteiger partial charge in [0, 0.05) is 29.8 Å². The quantitative estimate of drug-likeness (QED) is 0.543. The highest BCUT2D eigenvalue weighted by Crippen LogP contribution is 2.24. The Balaban J connectivity index is 1.64. The lowest BCUT2D eigenvalue weighted by Crippen LogP contribution is -2.15. The second kappa shape index (κ2) is 10.3. The predicted molar refractivity (Wildman–Crippen MR) is 120 cm³/mol. The molecule has 2 amide bonds. The number of amides is 2. The van der Waals surface area contributed by atoms with E-state index in [0.29, 0.717) is 35.7 Å². The maximum Gasteiger partial charge on any atom is 0.255 e. The van der Waals surface area contributed by atoms with Crippen LogP contribution < -0.4 is 15.4 Å². The van der Waals surface area contributed by atoms with Crippen molar-refractivity contribution >= 4 is 23.2 Å². The van der Waals surface area contributed by atoms with Crippen LogP contribution in [0.1, 0.15) is 34.8 Å².